The Labute approximate surface area is 247 Å². The molecule has 4 heterocycles. The molecule has 1 saturated heterocycles. The molecule has 3 aromatic rings. The van der Waals surface area contributed by atoms with Crippen molar-refractivity contribution in [2.75, 3.05) is 23.3 Å². The molecule has 1 fully saturated rings. The third-order valence-electron chi connectivity index (χ3n) is 6.35. The van der Waals surface area contributed by atoms with E-state index in [2.05, 4.69) is 10.3 Å². The van der Waals surface area contributed by atoms with Crippen LogP contribution in [-0.2, 0) is 19.7 Å². The summed E-state index contributed by atoms with van der Waals surface area (Å²) in [5.41, 5.74) is 5.44. The Morgan fingerprint density at radius 3 is 2.55 bits per heavy atom. The van der Waals surface area contributed by atoms with Gasteiger partial charge in [0.2, 0.25) is 0 Å². The number of amides is 2. The highest BCUT2D eigenvalue weighted by Crippen LogP contribution is 2.27. The number of nitrogens with two attached hydrogens (primary N) is 1. The minimum absolute atomic E-state index is 0.146. The van der Waals surface area contributed by atoms with Gasteiger partial charge in [-0.15, -0.1) is 11.3 Å². The highest BCUT2D eigenvalue weighted by molar-refractivity contribution is 7.14. The van der Waals surface area contributed by atoms with Gasteiger partial charge in [0, 0.05) is 35.2 Å². The molecule has 1 aliphatic rings. The minimum Gasteiger partial charge on any atom is -0.457 e. The van der Waals surface area contributed by atoms with Crippen LogP contribution in [0.1, 0.15) is 76.0 Å². The summed E-state index contributed by atoms with van der Waals surface area (Å²) in [6.45, 7) is 12.1. The maximum absolute atomic E-state index is 13.7. The third kappa shape index (κ3) is 7.52. The fourth-order valence-electron chi connectivity index (χ4n) is 4.39. The lowest BCUT2D eigenvalue weighted by Crippen LogP contribution is -2.43. The van der Waals surface area contributed by atoms with E-state index in [9.17, 15) is 19.2 Å². The van der Waals surface area contributed by atoms with Crippen molar-refractivity contribution in [3.63, 3.8) is 0 Å². The number of carbonyl (C=O) groups excluding carboxylic acids is 3. The molecule has 3 aromatic heterocycles. The van der Waals surface area contributed by atoms with Gasteiger partial charge in [-0.1, -0.05) is 20.8 Å². The quantitative estimate of drug-likeness (QED) is 0.315. The Morgan fingerprint density at radius 1 is 1.17 bits per heavy atom. The number of nitrogens with zero attached hydrogens (tertiary/aromatic N) is 4. The van der Waals surface area contributed by atoms with Crippen molar-refractivity contribution in [1.82, 2.24) is 14.4 Å². The summed E-state index contributed by atoms with van der Waals surface area (Å²) in [7, 11) is 0. The van der Waals surface area contributed by atoms with Gasteiger partial charge in [-0.3, -0.25) is 19.3 Å². The number of rotatable bonds is 6. The SMILES string of the molecule is CC(C)(C)OC(=O)C=Cc1c(N2CCC[C@@H](OC(N)=O)C2)nc2cc(C(=O)Nc3nc(C(C)(C)C)cs3)ccn2c1=O. The van der Waals surface area contributed by atoms with Crippen LogP contribution in [0.3, 0.4) is 0 Å². The molecule has 0 spiro atoms. The number of carbonyl (C=O) groups is 3. The van der Waals surface area contributed by atoms with E-state index in [0.717, 1.165) is 5.69 Å². The predicted octanol–water partition coefficient (Wildman–Crippen LogP) is 4.12. The summed E-state index contributed by atoms with van der Waals surface area (Å²) in [4.78, 5) is 61.7. The van der Waals surface area contributed by atoms with Crippen molar-refractivity contribution >= 4 is 52.0 Å². The second-order valence-corrected chi connectivity index (χ2v) is 12.9. The van der Waals surface area contributed by atoms with E-state index < -0.39 is 35.2 Å². The number of anilines is 2. The Hall–Kier alpha value is -4.26. The first-order valence-electron chi connectivity index (χ1n) is 13.6. The van der Waals surface area contributed by atoms with Crippen LogP contribution in [-0.4, -0.2) is 57.1 Å². The molecule has 0 aromatic carbocycles. The largest absolute Gasteiger partial charge is 0.457 e. The summed E-state index contributed by atoms with van der Waals surface area (Å²) >= 11 is 1.33. The number of pyridine rings is 1. The number of nitrogens with one attached hydrogen (secondary N) is 1. The van der Waals surface area contributed by atoms with E-state index in [1.165, 1.54) is 46.2 Å². The number of piperidine rings is 1. The fourth-order valence-corrected chi connectivity index (χ4v) is 5.32. The van der Waals surface area contributed by atoms with Gasteiger partial charge in [-0.05, 0) is 51.8 Å². The highest BCUT2D eigenvalue weighted by atomic mass is 32.1. The van der Waals surface area contributed by atoms with Crippen molar-refractivity contribution in [3.05, 3.63) is 57.0 Å². The van der Waals surface area contributed by atoms with Crippen LogP contribution in [0.4, 0.5) is 15.7 Å². The second-order valence-electron chi connectivity index (χ2n) is 12.1. The molecular weight excluding hydrogens is 560 g/mol. The number of esters is 1. The number of fused-ring (bicyclic) bond motifs is 1. The van der Waals surface area contributed by atoms with Gasteiger partial charge in [0.05, 0.1) is 17.8 Å². The molecule has 4 rings (SSSR count). The van der Waals surface area contributed by atoms with Crippen LogP contribution in [0.2, 0.25) is 0 Å². The van der Waals surface area contributed by atoms with Crippen LogP contribution in [0.15, 0.2) is 34.6 Å². The van der Waals surface area contributed by atoms with Crippen molar-refractivity contribution in [2.45, 2.75) is 71.5 Å². The first kappa shape index (κ1) is 30.7. The zero-order valence-electron chi connectivity index (χ0n) is 24.6. The molecule has 42 heavy (non-hydrogen) atoms. The van der Waals surface area contributed by atoms with Gasteiger partial charge < -0.3 is 20.1 Å². The molecule has 224 valence electrons. The molecule has 12 nitrogen and oxygen atoms in total. The zero-order valence-corrected chi connectivity index (χ0v) is 25.4. The van der Waals surface area contributed by atoms with E-state index in [4.69, 9.17) is 20.2 Å². The fraction of sp³-hybridized carbons (Fsp3) is 0.448. The monoisotopic (exact) mass is 596 g/mol. The number of hydrogen-bond acceptors (Lipinski definition) is 10. The summed E-state index contributed by atoms with van der Waals surface area (Å²) in [5.74, 6) is -0.731. The molecular formula is C29H36N6O6S. The molecule has 1 atom stereocenters. The van der Waals surface area contributed by atoms with Crippen molar-refractivity contribution in [1.29, 1.82) is 0 Å². The van der Waals surface area contributed by atoms with Crippen LogP contribution in [0, 0.1) is 0 Å². The van der Waals surface area contributed by atoms with Gasteiger partial charge in [-0.25, -0.2) is 19.6 Å². The molecule has 0 saturated carbocycles. The van der Waals surface area contributed by atoms with Gasteiger partial charge in [-0.2, -0.15) is 0 Å². The predicted molar refractivity (Wildman–Crippen MR) is 161 cm³/mol. The topological polar surface area (TPSA) is 158 Å². The van der Waals surface area contributed by atoms with E-state index >= 15 is 0 Å². The summed E-state index contributed by atoms with van der Waals surface area (Å²) < 4.78 is 11.9. The Kier molecular flexibility index (Phi) is 8.71. The van der Waals surface area contributed by atoms with Crippen molar-refractivity contribution in [2.24, 2.45) is 5.73 Å². The third-order valence-corrected chi connectivity index (χ3v) is 7.11. The average molecular weight is 597 g/mol. The number of thiazole rings is 1. The molecule has 1 aliphatic heterocycles. The lowest BCUT2D eigenvalue weighted by atomic mass is 9.93. The van der Waals surface area contributed by atoms with Crippen LogP contribution >= 0.6 is 11.3 Å². The molecule has 0 radical (unpaired) electrons. The van der Waals surface area contributed by atoms with E-state index in [0.29, 0.717) is 24.5 Å². The van der Waals surface area contributed by atoms with E-state index in [-0.39, 0.29) is 34.6 Å². The van der Waals surface area contributed by atoms with Gasteiger partial charge in [0.1, 0.15) is 23.2 Å². The molecule has 0 bridgehead atoms. The molecule has 0 unspecified atom stereocenters. The number of primary amides is 1. The van der Waals surface area contributed by atoms with Crippen LogP contribution in [0.25, 0.3) is 11.7 Å². The number of hydrogen-bond donors (Lipinski definition) is 2. The van der Waals surface area contributed by atoms with Crippen molar-refractivity contribution < 1.29 is 23.9 Å². The first-order valence-corrected chi connectivity index (χ1v) is 14.4. The molecule has 0 aliphatic carbocycles. The first-order chi connectivity index (χ1) is 19.6. The highest BCUT2D eigenvalue weighted by Gasteiger charge is 2.27. The normalized spacial score (nSPS) is 16.0. The zero-order chi connectivity index (χ0) is 30.8. The number of aromatic nitrogens is 3. The lowest BCUT2D eigenvalue weighted by Gasteiger charge is -2.33. The molecule has 13 heteroatoms. The minimum atomic E-state index is -0.885. The second kappa shape index (κ2) is 11.9. The Balaban J connectivity index is 1.72. The van der Waals surface area contributed by atoms with Gasteiger partial charge in [0.15, 0.2) is 5.13 Å². The molecule has 2 amide bonds. The lowest BCUT2D eigenvalue weighted by molar-refractivity contribution is -0.148. The van der Waals surface area contributed by atoms with Crippen LogP contribution in [0.5, 0.6) is 0 Å². The summed E-state index contributed by atoms with van der Waals surface area (Å²) in [6.07, 6.45) is 3.90. The number of ether oxygens (including phenoxy) is 2. The van der Waals surface area contributed by atoms with Gasteiger partial charge in [0.25, 0.3) is 11.5 Å². The maximum Gasteiger partial charge on any atom is 0.404 e. The average Bonchev–Trinajstić information content (AvgIpc) is 3.35. The van der Waals surface area contributed by atoms with Crippen molar-refractivity contribution in [3.8, 4) is 0 Å². The standard InChI is InChI=1S/C29H36N6O6S/c1-28(2,3)20-16-42-27(31-20)33-24(37)17-11-13-35-21(14-17)32-23(34-12-7-8-18(15-34)40-26(30)39)19(25(35)38)9-10-22(36)41-29(4,5)6/h9-11,13-14,16,18H,7-8,12,15H2,1-6H3,(H2,30,39)(H,31,33,37)/t18-/m1/s1. The van der Waals surface area contributed by atoms with Crippen LogP contribution < -0.4 is 21.5 Å². The maximum atomic E-state index is 13.7. The smallest absolute Gasteiger partial charge is 0.404 e. The van der Waals surface area contributed by atoms with E-state index in [1.807, 2.05) is 31.1 Å². The van der Waals surface area contributed by atoms with Gasteiger partial charge >= 0.3 is 12.1 Å². The molecule has 3 N–H and O–H groups in total. The van der Waals surface area contributed by atoms with E-state index in [1.54, 1.807) is 20.8 Å². The summed E-state index contributed by atoms with van der Waals surface area (Å²) in [6, 6.07) is 3.03. The Bertz CT molecular complexity index is 1600. The summed E-state index contributed by atoms with van der Waals surface area (Å²) in [5, 5.41) is 5.19. The Morgan fingerprint density at radius 2 is 1.90 bits per heavy atom.